The molecule has 0 aliphatic heterocycles. The highest BCUT2D eigenvalue weighted by atomic mass is 16.3. The van der Waals surface area contributed by atoms with Crippen LogP contribution in [0.3, 0.4) is 0 Å². The van der Waals surface area contributed by atoms with Gasteiger partial charge in [0, 0.05) is 18.5 Å². The van der Waals surface area contributed by atoms with Crippen LogP contribution in [0.4, 0.5) is 0 Å². The van der Waals surface area contributed by atoms with Gasteiger partial charge in [0.15, 0.2) is 5.76 Å². The molecule has 2 aromatic rings. The molecule has 3 nitrogen and oxygen atoms in total. The summed E-state index contributed by atoms with van der Waals surface area (Å²) >= 11 is 0. The van der Waals surface area contributed by atoms with E-state index in [0.29, 0.717) is 18.8 Å². The van der Waals surface area contributed by atoms with E-state index >= 15 is 0 Å². The van der Waals surface area contributed by atoms with Gasteiger partial charge in [0.05, 0.1) is 0 Å². The van der Waals surface area contributed by atoms with Crippen molar-refractivity contribution in [2.45, 2.75) is 20.8 Å². The molecule has 0 unspecified atom stereocenters. The van der Waals surface area contributed by atoms with Crippen molar-refractivity contribution in [2.24, 2.45) is 0 Å². The monoisotopic (exact) mass is 231 g/mol. The lowest BCUT2D eigenvalue weighted by atomic mass is 10.2. The topological polar surface area (TPSA) is 33.5 Å². The van der Waals surface area contributed by atoms with Crippen molar-refractivity contribution < 1.29 is 9.21 Å². The molecule has 0 aliphatic rings. The van der Waals surface area contributed by atoms with Crippen molar-refractivity contribution in [3.8, 4) is 0 Å². The molecular formula is C14H17NO2. The SMILES string of the molecule is CCN(CC)C(=O)c1cc2ccc(C)cc2o1. The molecule has 0 bridgehead atoms. The van der Waals surface area contributed by atoms with Gasteiger partial charge in [-0.25, -0.2) is 0 Å². The molecule has 2 rings (SSSR count). The van der Waals surface area contributed by atoms with Gasteiger partial charge in [-0.15, -0.1) is 0 Å². The molecule has 1 aromatic carbocycles. The van der Waals surface area contributed by atoms with Crippen molar-refractivity contribution in [3.63, 3.8) is 0 Å². The highest BCUT2D eigenvalue weighted by molar-refractivity contribution is 5.96. The molecule has 1 heterocycles. The number of fused-ring (bicyclic) bond motifs is 1. The van der Waals surface area contributed by atoms with Crippen molar-refractivity contribution in [1.82, 2.24) is 4.90 Å². The van der Waals surface area contributed by atoms with Gasteiger partial charge in [0.2, 0.25) is 0 Å². The molecule has 0 fully saturated rings. The Morgan fingerprint density at radius 1 is 1.24 bits per heavy atom. The van der Waals surface area contributed by atoms with E-state index in [9.17, 15) is 4.79 Å². The Morgan fingerprint density at radius 2 is 1.94 bits per heavy atom. The number of hydrogen-bond acceptors (Lipinski definition) is 2. The maximum absolute atomic E-state index is 12.1. The molecule has 0 saturated carbocycles. The number of rotatable bonds is 3. The van der Waals surface area contributed by atoms with Crippen LogP contribution in [-0.2, 0) is 0 Å². The summed E-state index contributed by atoms with van der Waals surface area (Å²) < 4.78 is 5.60. The van der Waals surface area contributed by atoms with Gasteiger partial charge in [0.1, 0.15) is 5.58 Å². The van der Waals surface area contributed by atoms with Gasteiger partial charge >= 0.3 is 0 Å². The Kier molecular flexibility index (Phi) is 3.18. The van der Waals surface area contributed by atoms with Crippen LogP contribution in [0.15, 0.2) is 28.7 Å². The van der Waals surface area contributed by atoms with Crippen molar-refractivity contribution in [3.05, 3.63) is 35.6 Å². The Balaban J connectivity index is 2.39. The minimum absolute atomic E-state index is 0.0381. The van der Waals surface area contributed by atoms with Gasteiger partial charge in [-0.05, 0) is 38.5 Å². The minimum atomic E-state index is -0.0381. The third-order valence-electron chi connectivity index (χ3n) is 2.94. The number of benzene rings is 1. The second-order valence-corrected chi connectivity index (χ2v) is 4.13. The molecule has 1 aromatic heterocycles. The highest BCUT2D eigenvalue weighted by Gasteiger charge is 2.17. The maximum Gasteiger partial charge on any atom is 0.289 e. The number of hydrogen-bond donors (Lipinski definition) is 0. The average molecular weight is 231 g/mol. The lowest BCUT2D eigenvalue weighted by Crippen LogP contribution is -2.30. The Hall–Kier alpha value is -1.77. The molecule has 0 saturated heterocycles. The summed E-state index contributed by atoms with van der Waals surface area (Å²) in [7, 11) is 0. The number of carbonyl (C=O) groups is 1. The summed E-state index contributed by atoms with van der Waals surface area (Å²) in [5.41, 5.74) is 1.91. The van der Waals surface area contributed by atoms with Crippen LogP contribution in [-0.4, -0.2) is 23.9 Å². The zero-order valence-electron chi connectivity index (χ0n) is 10.5. The highest BCUT2D eigenvalue weighted by Crippen LogP contribution is 2.21. The quantitative estimate of drug-likeness (QED) is 0.812. The van der Waals surface area contributed by atoms with Gasteiger partial charge in [0.25, 0.3) is 5.91 Å². The first-order valence-electron chi connectivity index (χ1n) is 5.95. The summed E-state index contributed by atoms with van der Waals surface area (Å²) in [6.45, 7) is 7.34. The largest absolute Gasteiger partial charge is 0.451 e. The van der Waals surface area contributed by atoms with Crippen LogP contribution in [0.5, 0.6) is 0 Å². The van der Waals surface area contributed by atoms with Crippen LogP contribution in [0.2, 0.25) is 0 Å². The molecule has 17 heavy (non-hydrogen) atoms. The predicted octanol–water partition coefficient (Wildman–Crippen LogP) is 3.22. The molecule has 0 atom stereocenters. The Bertz CT molecular complexity index is 538. The van der Waals surface area contributed by atoms with E-state index in [1.54, 1.807) is 4.90 Å². The second kappa shape index (κ2) is 4.62. The van der Waals surface area contributed by atoms with Gasteiger partial charge in [-0.2, -0.15) is 0 Å². The molecule has 90 valence electrons. The average Bonchev–Trinajstić information content (AvgIpc) is 2.73. The summed E-state index contributed by atoms with van der Waals surface area (Å²) in [4.78, 5) is 13.8. The smallest absolute Gasteiger partial charge is 0.289 e. The maximum atomic E-state index is 12.1. The standard InChI is InChI=1S/C14H17NO2/c1-4-15(5-2)14(16)13-9-11-7-6-10(3)8-12(11)17-13/h6-9H,4-5H2,1-3H3. The molecule has 3 heteroatoms. The van der Waals surface area contributed by atoms with Gasteiger partial charge in [-0.1, -0.05) is 12.1 Å². The fourth-order valence-corrected chi connectivity index (χ4v) is 1.91. The van der Waals surface area contributed by atoms with E-state index in [-0.39, 0.29) is 5.91 Å². The van der Waals surface area contributed by atoms with Crippen molar-refractivity contribution in [2.75, 3.05) is 13.1 Å². The van der Waals surface area contributed by atoms with E-state index in [1.807, 2.05) is 45.0 Å². The fraction of sp³-hybridized carbons (Fsp3) is 0.357. The normalized spacial score (nSPS) is 10.8. The van der Waals surface area contributed by atoms with Crippen LogP contribution in [0, 0.1) is 6.92 Å². The number of aryl methyl sites for hydroxylation is 1. The minimum Gasteiger partial charge on any atom is -0.451 e. The number of nitrogens with zero attached hydrogens (tertiary/aromatic N) is 1. The molecular weight excluding hydrogens is 214 g/mol. The van der Waals surface area contributed by atoms with E-state index in [0.717, 1.165) is 16.5 Å². The van der Waals surface area contributed by atoms with E-state index < -0.39 is 0 Å². The summed E-state index contributed by atoms with van der Waals surface area (Å²) in [6.07, 6.45) is 0. The van der Waals surface area contributed by atoms with Crippen LogP contribution in [0.25, 0.3) is 11.0 Å². The number of carbonyl (C=O) groups excluding carboxylic acids is 1. The van der Waals surface area contributed by atoms with Crippen LogP contribution < -0.4 is 0 Å². The summed E-state index contributed by atoms with van der Waals surface area (Å²) in [6, 6.07) is 7.76. The zero-order chi connectivity index (χ0) is 12.4. The zero-order valence-corrected chi connectivity index (χ0v) is 10.5. The predicted molar refractivity (Wildman–Crippen MR) is 68.2 cm³/mol. The second-order valence-electron chi connectivity index (χ2n) is 4.13. The van der Waals surface area contributed by atoms with Gasteiger partial charge < -0.3 is 9.32 Å². The van der Waals surface area contributed by atoms with E-state index in [2.05, 4.69) is 0 Å². The van der Waals surface area contributed by atoms with E-state index in [4.69, 9.17) is 4.42 Å². The lowest BCUT2D eigenvalue weighted by molar-refractivity contribution is 0.0743. The molecule has 0 N–H and O–H groups in total. The first kappa shape index (κ1) is 11.7. The fourth-order valence-electron chi connectivity index (χ4n) is 1.91. The number of furan rings is 1. The lowest BCUT2D eigenvalue weighted by Gasteiger charge is -2.16. The third-order valence-corrected chi connectivity index (χ3v) is 2.94. The third kappa shape index (κ3) is 2.18. The molecule has 0 spiro atoms. The van der Waals surface area contributed by atoms with Gasteiger partial charge in [-0.3, -0.25) is 4.79 Å². The molecule has 1 amide bonds. The first-order chi connectivity index (χ1) is 8.15. The van der Waals surface area contributed by atoms with Crippen LogP contribution in [0.1, 0.15) is 30.0 Å². The van der Waals surface area contributed by atoms with Crippen molar-refractivity contribution in [1.29, 1.82) is 0 Å². The summed E-state index contributed by atoms with van der Waals surface area (Å²) in [5, 5.41) is 0.978. The summed E-state index contributed by atoms with van der Waals surface area (Å²) in [5.74, 6) is 0.387. The van der Waals surface area contributed by atoms with Crippen molar-refractivity contribution >= 4 is 16.9 Å². The Morgan fingerprint density at radius 3 is 2.59 bits per heavy atom. The Labute approximate surface area is 101 Å². The van der Waals surface area contributed by atoms with Crippen LogP contribution >= 0.6 is 0 Å². The first-order valence-corrected chi connectivity index (χ1v) is 5.95. The van der Waals surface area contributed by atoms with E-state index in [1.165, 1.54) is 0 Å². The molecule has 0 radical (unpaired) electrons. The number of amides is 1. The molecule has 0 aliphatic carbocycles.